The smallest absolute Gasteiger partial charge is 0.245 e. The van der Waals surface area contributed by atoms with Crippen LogP contribution in [0.3, 0.4) is 0 Å². The van der Waals surface area contributed by atoms with Crippen molar-refractivity contribution in [1.29, 1.82) is 0 Å². The Hall–Kier alpha value is -1.40. The van der Waals surface area contributed by atoms with E-state index in [0.717, 1.165) is 14.8 Å². The van der Waals surface area contributed by atoms with Gasteiger partial charge in [-0.25, -0.2) is 0 Å². The van der Waals surface area contributed by atoms with Gasteiger partial charge >= 0.3 is 0 Å². The molecule has 0 radical (unpaired) electrons. The summed E-state index contributed by atoms with van der Waals surface area (Å²) >= 11 is 2.18. The summed E-state index contributed by atoms with van der Waals surface area (Å²) in [5.41, 5.74) is 7.51. The first-order valence-electron chi connectivity index (χ1n) is 5.54. The molecule has 4 heteroatoms. The lowest BCUT2D eigenvalue weighted by atomic mass is 10.1. The fourth-order valence-electron chi connectivity index (χ4n) is 1.58. The maximum atomic E-state index is 12.0. The highest BCUT2D eigenvalue weighted by atomic mass is 127. The van der Waals surface area contributed by atoms with Gasteiger partial charge in [0.05, 0.1) is 5.69 Å². The van der Waals surface area contributed by atoms with Crippen molar-refractivity contribution >= 4 is 34.2 Å². The number of nitrogens with two attached hydrogens (primary N) is 1. The fourth-order valence-corrected chi connectivity index (χ4v) is 2.11. The van der Waals surface area contributed by atoms with Crippen LogP contribution in [0.5, 0.6) is 0 Å². The minimum atomic E-state index is -0.651. The molecule has 2 rings (SSSR count). The van der Waals surface area contributed by atoms with Gasteiger partial charge in [-0.15, -0.1) is 0 Å². The van der Waals surface area contributed by atoms with Gasteiger partial charge in [-0.05, 0) is 40.3 Å². The van der Waals surface area contributed by atoms with E-state index in [1.54, 1.807) is 0 Å². The number of hydrogen-bond donors (Lipinski definition) is 2. The standard InChI is InChI=1S/C14H13IN2O/c15-11-8-4-5-9-12(11)17-14(18)13(16)10-6-2-1-3-7-10/h1-9,13H,16H2,(H,17,18)/t13-/m1/s1. The first kappa shape index (κ1) is 13.0. The van der Waals surface area contributed by atoms with E-state index in [-0.39, 0.29) is 5.91 Å². The van der Waals surface area contributed by atoms with Crippen LogP contribution >= 0.6 is 22.6 Å². The van der Waals surface area contributed by atoms with Gasteiger partial charge in [0, 0.05) is 3.57 Å². The first-order valence-corrected chi connectivity index (χ1v) is 6.62. The summed E-state index contributed by atoms with van der Waals surface area (Å²) in [7, 11) is 0. The molecule has 0 aliphatic rings. The Morgan fingerprint density at radius 1 is 1.06 bits per heavy atom. The lowest BCUT2D eigenvalue weighted by Gasteiger charge is -2.13. The van der Waals surface area contributed by atoms with E-state index in [0.29, 0.717) is 0 Å². The van der Waals surface area contributed by atoms with E-state index in [2.05, 4.69) is 27.9 Å². The third kappa shape index (κ3) is 3.08. The zero-order valence-electron chi connectivity index (χ0n) is 9.64. The number of rotatable bonds is 3. The Morgan fingerprint density at radius 3 is 2.33 bits per heavy atom. The molecule has 0 bridgehead atoms. The molecule has 0 fully saturated rings. The molecule has 2 aromatic rings. The summed E-state index contributed by atoms with van der Waals surface area (Å²) in [6.07, 6.45) is 0. The molecular formula is C14H13IN2O. The monoisotopic (exact) mass is 352 g/mol. The summed E-state index contributed by atoms with van der Waals surface area (Å²) < 4.78 is 0.990. The van der Waals surface area contributed by atoms with Crippen LogP contribution in [0.4, 0.5) is 5.69 Å². The van der Waals surface area contributed by atoms with Crippen molar-refractivity contribution in [1.82, 2.24) is 0 Å². The molecule has 1 atom stereocenters. The summed E-state index contributed by atoms with van der Waals surface area (Å²) in [4.78, 5) is 12.0. The normalized spacial score (nSPS) is 11.9. The van der Waals surface area contributed by atoms with Crippen molar-refractivity contribution in [2.24, 2.45) is 5.73 Å². The van der Waals surface area contributed by atoms with Gasteiger partial charge in [-0.3, -0.25) is 4.79 Å². The van der Waals surface area contributed by atoms with Gasteiger partial charge in [0.15, 0.2) is 0 Å². The highest BCUT2D eigenvalue weighted by molar-refractivity contribution is 14.1. The van der Waals surface area contributed by atoms with Crippen molar-refractivity contribution in [3.05, 3.63) is 63.7 Å². The topological polar surface area (TPSA) is 55.1 Å². The van der Waals surface area contributed by atoms with E-state index < -0.39 is 6.04 Å². The van der Waals surface area contributed by atoms with Crippen LogP contribution in [-0.4, -0.2) is 5.91 Å². The predicted octanol–water partition coefficient (Wildman–Crippen LogP) is 2.93. The molecule has 3 nitrogen and oxygen atoms in total. The summed E-state index contributed by atoms with van der Waals surface area (Å²) in [5, 5.41) is 2.84. The summed E-state index contributed by atoms with van der Waals surface area (Å²) in [5.74, 6) is -0.203. The minimum Gasteiger partial charge on any atom is -0.323 e. The van der Waals surface area contributed by atoms with E-state index in [9.17, 15) is 4.79 Å². The summed E-state index contributed by atoms with van der Waals surface area (Å²) in [6.45, 7) is 0. The molecule has 0 saturated heterocycles. The van der Waals surface area contributed by atoms with E-state index in [1.165, 1.54) is 0 Å². The average Bonchev–Trinajstić information content (AvgIpc) is 2.41. The molecule has 2 aromatic carbocycles. The van der Waals surface area contributed by atoms with Crippen molar-refractivity contribution in [3.63, 3.8) is 0 Å². The van der Waals surface area contributed by atoms with Gasteiger partial charge in [0.1, 0.15) is 6.04 Å². The van der Waals surface area contributed by atoms with Crippen molar-refractivity contribution in [2.75, 3.05) is 5.32 Å². The van der Waals surface area contributed by atoms with Crippen molar-refractivity contribution in [2.45, 2.75) is 6.04 Å². The summed E-state index contributed by atoms with van der Waals surface area (Å²) in [6, 6.07) is 16.3. The third-order valence-corrected chi connectivity index (χ3v) is 3.51. The second-order valence-corrected chi connectivity index (χ2v) is 5.02. The third-order valence-electron chi connectivity index (χ3n) is 2.57. The Kier molecular flexibility index (Phi) is 4.33. The quantitative estimate of drug-likeness (QED) is 0.835. The molecule has 3 N–H and O–H groups in total. The largest absolute Gasteiger partial charge is 0.323 e. The van der Waals surface area contributed by atoms with Gasteiger partial charge in [-0.1, -0.05) is 42.5 Å². The van der Waals surface area contributed by atoms with Gasteiger partial charge in [-0.2, -0.15) is 0 Å². The fraction of sp³-hybridized carbons (Fsp3) is 0.0714. The number of carbonyl (C=O) groups excluding carboxylic acids is 1. The number of amides is 1. The maximum Gasteiger partial charge on any atom is 0.245 e. The Morgan fingerprint density at radius 2 is 1.67 bits per heavy atom. The Balaban J connectivity index is 2.12. The maximum absolute atomic E-state index is 12.0. The molecule has 0 unspecified atom stereocenters. The molecule has 0 aliphatic heterocycles. The van der Waals surface area contributed by atoms with E-state index >= 15 is 0 Å². The number of carbonyl (C=O) groups is 1. The van der Waals surface area contributed by atoms with Crippen LogP contribution in [0.25, 0.3) is 0 Å². The zero-order valence-corrected chi connectivity index (χ0v) is 11.8. The van der Waals surface area contributed by atoms with Gasteiger partial charge in [0.25, 0.3) is 0 Å². The highest BCUT2D eigenvalue weighted by Gasteiger charge is 2.16. The average molecular weight is 352 g/mol. The van der Waals surface area contributed by atoms with Crippen LogP contribution in [0.15, 0.2) is 54.6 Å². The number of para-hydroxylation sites is 1. The number of benzene rings is 2. The van der Waals surface area contributed by atoms with E-state index in [1.807, 2.05) is 54.6 Å². The van der Waals surface area contributed by atoms with Gasteiger partial charge in [0.2, 0.25) is 5.91 Å². The molecule has 0 spiro atoms. The Bertz CT molecular complexity index is 543. The zero-order chi connectivity index (χ0) is 13.0. The van der Waals surface area contributed by atoms with Crippen LogP contribution in [-0.2, 0) is 4.79 Å². The van der Waals surface area contributed by atoms with Gasteiger partial charge < -0.3 is 11.1 Å². The first-order chi connectivity index (χ1) is 8.68. The number of hydrogen-bond acceptors (Lipinski definition) is 2. The molecular weight excluding hydrogens is 339 g/mol. The lowest BCUT2D eigenvalue weighted by molar-refractivity contribution is -0.117. The SMILES string of the molecule is N[C@@H](C(=O)Nc1ccccc1I)c1ccccc1. The number of halogens is 1. The second-order valence-electron chi connectivity index (χ2n) is 3.86. The predicted molar refractivity (Wildman–Crippen MR) is 81.2 cm³/mol. The van der Waals surface area contributed by atoms with Crippen molar-refractivity contribution in [3.8, 4) is 0 Å². The number of nitrogens with one attached hydrogen (secondary N) is 1. The second kappa shape index (κ2) is 5.97. The van der Waals surface area contributed by atoms with E-state index in [4.69, 9.17) is 5.73 Å². The molecule has 0 aliphatic carbocycles. The molecule has 0 heterocycles. The molecule has 0 saturated carbocycles. The lowest BCUT2D eigenvalue weighted by Crippen LogP contribution is -2.27. The highest BCUT2D eigenvalue weighted by Crippen LogP contribution is 2.19. The molecule has 92 valence electrons. The van der Waals surface area contributed by atoms with Crippen LogP contribution < -0.4 is 11.1 Å². The molecule has 0 aromatic heterocycles. The molecule has 1 amide bonds. The van der Waals surface area contributed by atoms with Crippen LogP contribution in [0, 0.1) is 3.57 Å². The van der Waals surface area contributed by atoms with Crippen molar-refractivity contribution < 1.29 is 4.79 Å². The van der Waals surface area contributed by atoms with Crippen LogP contribution in [0.2, 0.25) is 0 Å². The number of anilines is 1. The molecule has 18 heavy (non-hydrogen) atoms. The Labute approximate surface area is 120 Å². The minimum absolute atomic E-state index is 0.203. The van der Waals surface area contributed by atoms with Crippen LogP contribution in [0.1, 0.15) is 11.6 Å².